The number of nitrogens with two attached hydrogens (primary N) is 1. The first-order valence-electron chi connectivity index (χ1n) is 4.09. The Kier molecular flexibility index (Phi) is 3.54. The van der Waals surface area contributed by atoms with Crippen LogP contribution in [0.3, 0.4) is 0 Å². The summed E-state index contributed by atoms with van der Waals surface area (Å²) >= 11 is 0. The maximum Gasteiger partial charge on any atom is 0.115 e. The molecule has 1 unspecified atom stereocenters. The van der Waals surface area contributed by atoms with Crippen LogP contribution in [-0.4, -0.2) is 9.97 Å². The highest BCUT2D eigenvalue weighted by molar-refractivity contribution is 5.12. The fourth-order valence-corrected chi connectivity index (χ4v) is 1.11. The number of nitrogens with zero attached hydrogens (tertiary/aromatic N) is 2. The van der Waals surface area contributed by atoms with Gasteiger partial charge in [0.05, 0.1) is 6.04 Å². The van der Waals surface area contributed by atoms with Gasteiger partial charge < -0.3 is 0 Å². The van der Waals surface area contributed by atoms with E-state index in [1.54, 1.807) is 12.4 Å². The zero-order valence-corrected chi connectivity index (χ0v) is 7.70. The molecule has 0 spiro atoms. The topological polar surface area (TPSA) is 63.8 Å². The number of rotatable bonds is 4. The molecule has 0 radical (unpaired) electrons. The van der Waals surface area contributed by atoms with E-state index in [9.17, 15) is 0 Å². The van der Waals surface area contributed by atoms with Crippen LogP contribution in [0.15, 0.2) is 30.9 Å². The number of hydrogen-bond donors (Lipinski definition) is 2. The molecule has 1 heterocycles. The first kappa shape index (κ1) is 9.83. The maximum absolute atomic E-state index is 5.41. The van der Waals surface area contributed by atoms with Gasteiger partial charge in [-0.15, -0.1) is 6.58 Å². The van der Waals surface area contributed by atoms with E-state index in [4.69, 9.17) is 5.84 Å². The van der Waals surface area contributed by atoms with Crippen LogP contribution >= 0.6 is 0 Å². The third-order valence-electron chi connectivity index (χ3n) is 1.74. The van der Waals surface area contributed by atoms with Crippen LogP contribution in [-0.2, 0) is 0 Å². The van der Waals surface area contributed by atoms with Crippen LogP contribution in [0.2, 0.25) is 0 Å². The highest BCUT2D eigenvalue weighted by atomic mass is 15.2. The lowest BCUT2D eigenvalue weighted by Gasteiger charge is -2.14. The first-order valence-corrected chi connectivity index (χ1v) is 4.09. The number of hydrogen-bond acceptors (Lipinski definition) is 4. The van der Waals surface area contributed by atoms with E-state index in [0.717, 1.165) is 17.6 Å². The van der Waals surface area contributed by atoms with E-state index in [1.165, 1.54) is 6.33 Å². The smallest absolute Gasteiger partial charge is 0.115 e. The number of hydrazine groups is 1. The zero-order chi connectivity index (χ0) is 9.68. The number of aromatic nitrogens is 2. The van der Waals surface area contributed by atoms with E-state index in [1.807, 2.05) is 6.92 Å². The second kappa shape index (κ2) is 4.69. The van der Waals surface area contributed by atoms with Crippen molar-refractivity contribution in [1.82, 2.24) is 15.4 Å². The Morgan fingerprint density at radius 2 is 2.23 bits per heavy atom. The van der Waals surface area contributed by atoms with Crippen LogP contribution < -0.4 is 11.3 Å². The summed E-state index contributed by atoms with van der Waals surface area (Å²) in [6.45, 7) is 5.80. The van der Waals surface area contributed by atoms with E-state index in [-0.39, 0.29) is 6.04 Å². The predicted octanol–water partition coefficient (Wildman–Crippen LogP) is 0.947. The quantitative estimate of drug-likeness (QED) is 0.409. The van der Waals surface area contributed by atoms with Crippen molar-refractivity contribution < 1.29 is 0 Å². The van der Waals surface area contributed by atoms with Gasteiger partial charge in [0.1, 0.15) is 6.33 Å². The number of nitrogens with one attached hydrogen (secondary N) is 1. The molecule has 0 aliphatic rings. The lowest BCUT2D eigenvalue weighted by Crippen LogP contribution is -2.28. The third-order valence-corrected chi connectivity index (χ3v) is 1.74. The Labute approximate surface area is 77.9 Å². The Hall–Kier alpha value is -1.26. The molecular formula is C9H14N4. The van der Waals surface area contributed by atoms with Gasteiger partial charge >= 0.3 is 0 Å². The summed E-state index contributed by atoms with van der Waals surface area (Å²) in [4.78, 5) is 7.85. The van der Waals surface area contributed by atoms with Crippen molar-refractivity contribution in [2.24, 2.45) is 5.84 Å². The van der Waals surface area contributed by atoms with E-state index >= 15 is 0 Å². The van der Waals surface area contributed by atoms with Crippen molar-refractivity contribution in [3.8, 4) is 0 Å². The first-order chi connectivity index (χ1) is 6.24. The van der Waals surface area contributed by atoms with Crippen molar-refractivity contribution in [3.63, 3.8) is 0 Å². The van der Waals surface area contributed by atoms with Crippen molar-refractivity contribution in [2.75, 3.05) is 0 Å². The summed E-state index contributed by atoms with van der Waals surface area (Å²) in [7, 11) is 0. The molecule has 70 valence electrons. The van der Waals surface area contributed by atoms with Gasteiger partial charge in [-0.05, 0) is 13.3 Å². The van der Waals surface area contributed by atoms with E-state index in [2.05, 4.69) is 22.0 Å². The molecular weight excluding hydrogens is 164 g/mol. The zero-order valence-electron chi connectivity index (χ0n) is 7.70. The Morgan fingerprint density at radius 1 is 1.62 bits per heavy atom. The van der Waals surface area contributed by atoms with Crippen LogP contribution in [0.5, 0.6) is 0 Å². The maximum atomic E-state index is 5.41. The van der Waals surface area contributed by atoms with Crippen LogP contribution in [0.4, 0.5) is 0 Å². The van der Waals surface area contributed by atoms with Gasteiger partial charge in [0.15, 0.2) is 0 Å². The normalized spacial score (nSPS) is 12.5. The molecule has 1 atom stereocenters. The van der Waals surface area contributed by atoms with Gasteiger partial charge in [0.2, 0.25) is 0 Å². The second-order valence-corrected chi connectivity index (χ2v) is 3.05. The summed E-state index contributed by atoms with van der Waals surface area (Å²) < 4.78 is 0. The van der Waals surface area contributed by atoms with Crippen molar-refractivity contribution in [2.45, 2.75) is 19.4 Å². The second-order valence-electron chi connectivity index (χ2n) is 3.05. The Morgan fingerprint density at radius 3 is 2.69 bits per heavy atom. The van der Waals surface area contributed by atoms with E-state index < -0.39 is 0 Å². The SMILES string of the molecule is C=C(C)CC(NN)c1cncnc1. The molecule has 4 heteroatoms. The molecule has 1 aromatic heterocycles. The summed E-state index contributed by atoms with van der Waals surface area (Å²) in [5.41, 5.74) is 4.76. The lowest BCUT2D eigenvalue weighted by molar-refractivity contribution is 0.546. The largest absolute Gasteiger partial charge is 0.271 e. The van der Waals surface area contributed by atoms with Crippen LogP contribution in [0, 0.1) is 0 Å². The molecule has 0 saturated carbocycles. The average Bonchev–Trinajstić information content (AvgIpc) is 2.15. The van der Waals surface area contributed by atoms with E-state index in [0.29, 0.717) is 0 Å². The Balaban J connectivity index is 2.73. The van der Waals surface area contributed by atoms with Crippen LogP contribution in [0.1, 0.15) is 24.9 Å². The highest BCUT2D eigenvalue weighted by Gasteiger charge is 2.09. The molecule has 0 aliphatic heterocycles. The van der Waals surface area contributed by atoms with Gasteiger partial charge in [-0.3, -0.25) is 11.3 Å². The Bertz CT molecular complexity index is 270. The highest BCUT2D eigenvalue weighted by Crippen LogP contribution is 2.17. The minimum Gasteiger partial charge on any atom is -0.271 e. The molecule has 0 fully saturated rings. The minimum atomic E-state index is 0.0544. The molecule has 0 aliphatic carbocycles. The average molecular weight is 178 g/mol. The minimum absolute atomic E-state index is 0.0544. The molecule has 0 aromatic carbocycles. The molecule has 3 N–H and O–H groups in total. The lowest BCUT2D eigenvalue weighted by atomic mass is 10.0. The molecule has 0 saturated heterocycles. The van der Waals surface area contributed by atoms with Gasteiger partial charge in [0.25, 0.3) is 0 Å². The molecule has 4 nitrogen and oxygen atoms in total. The fraction of sp³-hybridized carbons (Fsp3) is 0.333. The third kappa shape index (κ3) is 2.93. The van der Waals surface area contributed by atoms with Gasteiger partial charge in [-0.25, -0.2) is 9.97 Å². The van der Waals surface area contributed by atoms with Gasteiger partial charge in [-0.2, -0.15) is 0 Å². The fourth-order valence-electron chi connectivity index (χ4n) is 1.11. The predicted molar refractivity (Wildman–Crippen MR) is 51.5 cm³/mol. The van der Waals surface area contributed by atoms with Gasteiger partial charge in [0, 0.05) is 18.0 Å². The molecule has 1 rings (SSSR count). The summed E-state index contributed by atoms with van der Waals surface area (Å²) in [5.74, 6) is 5.41. The molecule has 0 amide bonds. The summed E-state index contributed by atoms with van der Waals surface area (Å²) in [6, 6.07) is 0.0544. The van der Waals surface area contributed by atoms with Gasteiger partial charge in [-0.1, -0.05) is 5.57 Å². The van der Waals surface area contributed by atoms with Crippen molar-refractivity contribution in [3.05, 3.63) is 36.4 Å². The summed E-state index contributed by atoms with van der Waals surface area (Å²) in [6.07, 6.45) is 5.79. The summed E-state index contributed by atoms with van der Waals surface area (Å²) in [5, 5.41) is 0. The van der Waals surface area contributed by atoms with Crippen molar-refractivity contribution >= 4 is 0 Å². The standard InChI is InChI=1S/C9H14N4/c1-7(2)3-9(13-10)8-4-11-6-12-5-8/h4-6,9,13H,1,3,10H2,2H3. The molecule has 0 bridgehead atoms. The van der Waals surface area contributed by atoms with Crippen LogP contribution in [0.25, 0.3) is 0 Å². The monoisotopic (exact) mass is 178 g/mol. The molecule has 13 heavy (non-hydrogen) atoms. The molecule has 1 aromatic rings. The van der Waals surface area contributed by atoms with Crippen molar-refractivity contribution in [1.29, 1.82) is 0 Å².